The van der Waals surface area contributed by atoms with E-state index in [0.29, 0.717) is 38.8 Å². The van der Waals surface area contributed by atoms with Crippen molar-refractivity contribution in [2.75, 3.05) is 61.0 Å². The second-order valence-corrected chi connectivity index (χ2v) is 8.30. The number of Topliss-reactive ketones (excluding diaryl/α,β-unsaturated/α-hetero) is 1. The third-order valence-corrected chi connectivity index (χ3v) is 5.64. The van der Waals surface area contributed by atoms with Gasteiger partial charge in [0, 0.05) is 33.7 Å². The van der Waals surface area contributed by atoms with E-state index in [0.717, 1.165) is 32.4 Å². The summed E-state index contributed by atoms with van der Waals surface area (Å²) >= 11 is 0. The Hall–Kier alpha value is -1.35. The van der Waals surface area contributed by atoms with E-state index in [1.54, 1.807) is 21.1 Å². The van der Waals surface area contributed by atoms with Gasteiger partial charge in [-0.25, -0.2) is 0 Å². The minimum absolute atomic E-state index is 0.0154. The molecule has 0 bridgehead atoms. The van der Waals surface area contributed by atoms with Gasteiger partial charge in [-0.05, 0) is 53.2 Å². The fraction of sp³-hybridized carbons (Fsp3) is 0.857. The maximum atomic E-state index is 12.3. The van der Waals surface area contributed by atoms with Crippen LogP contribution in [0.15, 0.2) is 0 Å². The Labute approximate surface area is 175 Å². The molecule has 29 heavy (non-hydrogen) atoms. The predicted octanol–water partition coefficient (Wildman–Crippen LogP) is 0.735. The van der Waals surface area contributed by atoms with Gasteiger partial charge in [-0.3, -0.25) is 9.59 Å². The third kappa shape index (κ3) is 8.90. The molecular weight excluding hydrogens is 374 g/mol. The topological polar surface area (TPSA) is 88.2 Å². The van der Waals surface area contributed by atoms with Crippen LogP contribution in [0.5, 0.6) is 0 Å². The zero-order valence-corrected chi connectivity index (χ0v) is 18.7. The quantitative estimate of drug-likeness (QED) is 0.241. The van der Waals surface area contributed by atoms with Crippen LogP contribution in [-0.2, 0) is 23.9 Å². The molecule has 1 aliphatic heterocycles. The molecular formula is C21H39N3O5. The van der Waals surface area contributed by atoms with E-state index in [1.807, 2.05) is 23.9 Å². The zero-order valence-electron chi connectivity index (χ0n) is 18.7. The highest BCUT2D eigenvalue weighted by Gasteiger charge is 2.39. The van der Waals surface area contributed by atoms with Crippen LogP contribution < -0.4 is 5.32 Å². The number of ketones is 1. The summed E-state index contributed by atoms with van der Waals surface area (Å²) in [6, 6.07) is 0. The van der Waals surface area contributed by atoms with Crippen molar-refractivity contribution in [1.29, 1.82) is 0 Å². The zero-order chi connectivity index (χ0) is 21.9. The van der Waals surface area contributed by atoms with Crippen molar-refractivity contribution in [3.63, 3.8) is 0 Å². The van der Waals surface area contributed by atoms with Gasteiger partial charge in [0.05, 0.1) is 30.7 Å². The maximum Gasteiger partial charge on any atom is 0.236 e. The number of amides is 1. The van der Waals surface area contributed by atoms with Gasteiger partial charge >= 0.3 is 0 Å². The molecule has 8 nitrogen and oxygen atoms in total. The number of hydrogen-bond donors (Lipinski definition) is 1. The standard InChI is InChI=1S/C21H39N3O5/c1-17(14-25)19(26)9-8-18(28-4)7-6-11-22-15-21(29-5)10-12-24(16-21)20(27)13-23(2)3/h14,17-18,22H,6-13,15-16H2,1-5H3. The van der Waals surface area contributed by atoms with Crippen LogP contribution in [0.25, 0.3) is 0 Å². The van der Waals surface area contributed by atoms with Gasteiger partial charge in [0.25, 0.3) is 0 Å². The summed E-state index contributed by atoms with van der Waals surface area (Å²) in [5, 5.41) is 3.45. The van der Waals surface area contributed by atoms with Crippen molar-refractivity contribution < 1.29 is 23.9 Å². The lowest BCUT2D eigenvalue weighted by Crippen LogP contribution is -2.46. The Morgan fingerprint density at radius 3 is 2.59 bits per heavy atom. The van der Waals surface area contributed by atoms with Crippen molar-refractivity contribution >= 4 is 18.0 Å². The number of rotatable bonds is 15. The summed E-state index contributed by atoms with van der Waals surface area (Å²) in [7, 11) is 7.15. The molecule has 0 aromatic rings. The Morgan fingerprint density at radius 2 is 2.00 bits per heavy atom. The van der Waals surface area contributed by atoms with Gasteiger partial charge in [-0.1, -0.05) is 0 Å². The van der Waals surface area contributed by atoms with Crippen LogP contribution in [0.2, 0.25) is 0 Å². The number of carbonyl (C=O) groups is 3. The van der Waals surface area contributed by atoms with E-state index in [4.69, 9.17) is 9.47 Å². The van der Waals surface area contributed by atoms with Gasteiger partial charge in [-0.15, -0.1) is 0 Å². The van der Waals surface area contributed by atoms with E-state index in [1.165, 1.54) is 0 Å². The Balaban J connectivity index is 2.30. The monoisotopic (exact) mass is 413 g/mol. The van der Waals surface area contributed by atoms with Crippen molar-refractivity contribution in [3.8, 4) is 0 Å². The minimum atomic E-state index is -0.532. The average Bonchev–Trinajstić information content (AvgIpc) is 3.13. The highest BCUT2D eigenvalue weighted by molar-refractivity contribution is 5.92. The summed E-state index contributed by atoms with van der Waals surface area (Å²) in [6.45, 7) is 4.89. The van der Waals surface area contributed by atoms with Crippen molar-refractivity contribution in [3.05, 3.63) is 0 Å². The van der Waals surface area contributed by atoms with Crippen LogP contribution in [0.4, 0.5) is 0 Å². The lowest BCUT2D eigenvalue weighted by molar-refractivity contribution is -0.132. The largest absolute Gasteiger partial charge is 0.381 e. The number of ether oxygens (including phenoxy) is 2. The van der Waals surface area contributed by atoms with E-state index < -0.39 is 5.92 Å². The highest BCUT2D eigenvalue weighted by atomic mass is 16.5. The van der Waals surface area contributed by atoms with Gasteiger partial charge in [0.2, 0.25) is 5.91 Å². The SMILES string of the molecule is COC(CCCNCC1(OC)CCN(C(=O)CN(C)C)C1)CCC(=O)C(C)C=O. The molecule has 1 aliphatic rings. The molecule has 0 aromatic heterocycles. The lowest BCUT2D eigenvalue weighted by Gasteiger charge is -2.28. The van der Waals surface area contributed by atoms with Gasteiger partial charge < -0.3 is 29.4 Å². The summed E-state index contributed by atoms with van der Waals surface area (Å²) in [6.07, 6.45) is 4.30. The van der Waals surface area contributed by atoms with Gasteiger partial charge in [-0.2, -0.15) is 0 Å². The summed E-state index contributed by atoms with van der Waals surface area (Å²) in [5.41, 5.74) is -0.333. The van der Waals surface area contributed by atoms with Crippen LogP contribution in [0, 0.1) is 5.92 Å². The van der Waals surface area contributed by atoms with Crippen LogP contribution in [0.1, 0.15) is 39.0 Å². The molecule has 1 N–H and O–H groups in total. The Kier molecular flexibility index (Phi) is 11.6. The maximum absolute atomic E-state index is 12.3. The van der Waals surface area contributed by atoms with Crippen LogP contribution >= 0.6 is 0 Å². The molecule has 1 fully saturated rings. The summed E-state index contributed by atoms with van der Waals surface area (Å²) in [5.74, 6) is -0.429. The Bertz CT molecular complexity index is 528. The molecule has 3 atom stereocenters. The molecule has 168 valence electrons. The molecule has 8 heteroatoms. The van der Waals surface area contributed by atoms with Crippen molar-refractivity contribution in [2.24, 2.45) is 5.92 Å². The van der Waals surface area contributed by atoms with Gasteiger partial charge in [0.15, 0.2) is 0 Å². The molecule has 0 radical (unpaired) electrons. The van der Waals surface area contributed by atoms with Gasteiger partial charge in [0.1, 0.15) is 12.1 Å². The van der Waals surface area contributed by atoms with Crippen LogP contribution in [0.3, 0.4) is 0 Å². The Morgan fingerprint density at radius 1 is 1.28 bits per heavy atom. The van der Waals surface area contributed by atoms with E-state index in [2.05, 4.69) is 5.32 Å². The number of carbonyl (C=O) groups excluding carboxylic acids is 3. The van der Waals surface area contributed by atoms with E-state index in [-0.39, 0.29) is 23.4 Å². The minimum Gasteiger partial charge on any atom is -0.381 e. The normalized spacial score (nSPS) is 21.4. The number of nitrogens with one attached hydrogen (secondary N) is 1. The van der Waals surface area contributed by atoms with E-state index in [9.17, 15) is 14.4 Å². The first-order chi connectivity index (χ1) is 13.8. The fourth-order valence-corrected chi connectivity index (χ4v) is 3.57. The molecule has 3 unspecified atom stereocenters. The number of likely N-dealkylation sites (N-methyl/N-ethyl adjacent to an activating group) is 1. The van der Waals surface area contributed by atoms with Crippen molar-refractivity contribution in [2.45, 2.75) is 50.7 Å². The molecule has 1 saturated heterocycles. The smallest absolute Gasteiger partial charge is 0.236 e. The molecule has 0 aliphatic carbocycles. The highest BCUT2D eigenvalue weighted by Crippen LogP contribution is 2.24. The third-order valence-electron chi connectivity index (χ3n) is 5.64. The second kappa shape index (κ2) is 13.1. The first kappa shape index (κ1) is 25.7. The molecule has 1 rings (SSSR count). The van der Waals surface area contributed by atoms with Crippen LogP contribution in [-0.4, -0.2) is 101 Å². The predicted molar refractivity (Wildman–Crippen MR) is 112 cm³/mol. The molecule has 0 saturated carbocycles. The second-order valence-electron chi connectivity index (χ2n) is 8.30. The summed E-state index contributed by atoms with van der Waals surface area (Å²) < 4.78 is 11.2. The summed E-state index contributed by atoms with van der Waals surface area (Å²) in [4.78, 5) is 38.5. The molecule has 0 spiro atoms. The number of hydrogen-bond acceptors (Lipinski definition) is 7. The first-order valence-electron chi connectivity index (χ1n) is 10.5. The van der Waals surface area contributed by atoms with E-state index >= 15 is 0 Å². The fourth-order valence-electron chi connectivity index (χ4n) is 3.57. The first-order valence-corrected chi connectivity index (χ1v) is 10.5. The number of likely N-dealkylation sites (tertiary alicyclic amines) is 1. The molecule has 1 amide bonds. The average molecular weight is 414 g/mol. The number of nitrogens with zero attached hydrogens (tertiary/aromatic N) is 2. The number of methoxy groups -OCH3 is 2. The molecule has 0 aromatic carbocycles. The number of aldehydes is 1. The lowest BCUT2D eigenvalue weighted by atomic mass is 10.00. The molecule has 1 heterocycles. The van der Waals surface area contributed by atoms with Crippen molar-refractivity contribution in [1.82, 2.24) is 15.1 Å².